The van der Waals surface area contributed by atoms with Gasteiger partial charge in [0.1, 0.15) is 17.3 Å². The fourth-order valence-electron chi connectivity index (χ4n) is 3.72. The van der Waals surface area contributed by atoms with Crippen LogP contribution < -0.4 is 0 Å². The minimum Gasteiger partial charge on any atom is -0.337 e. The molecule has 152 valence electrons. The molecule has 4 rings (SSSR count). The molecule has 0 atom stereocenters. The molecular formula is C22H23ClF2N4. The van der Waals surface area contributed by atoms with Crippen LogP contribution in [0.4, 0.5) is 8.78 Å². The highest BCUT2D eigenvalue weighted by molar-refractivity contribution is 5.85. The van der Waals surface area contributed by atoms with E-state index in [1.165, 1.54) is 18.2 Å². The number of aromatic amines is 1. The van der Waals surface area contributed by atoms with Crippen LogP contribution in [0.15, 0.2) is 36.4 Å². The summed E-state index contributed by atoms with van der Waals surface area (Å²) in [5, 5.41) is 4.67. The van der Waals surface area contributed by atoms with E-state index in [-0.39, 0.29) is 23.4 Å². The minimum atomic E-state index is -0.587. The van der Waals surface area contributed by atoms with Gasteiger partial charge in [0.25, 0.3) is 0 Å². The largest absolute Gasteiger partial charge is 0.337 e. The van der Waals surface area contributed by atoms with Crippen molar-refractivity contribution in [2.75, 3.05) is 0 Å². The average Bonchev–Trinajstić information content (AvgIpc) is 3.14. The van der Waals surface area contributed by atoms with E-state index < -0.39 is 11.6 Å². The predicted octanol–water partition coefficient (Wildman–Crippen LogP) is 5.94. The van der Waals surface area contributed by atoms with Crippen molar-refractivity contribution in [1.82, 2.24) is 19.7 Å². The summed E-state index contributed by atoms with van der Waals surface area (Å²) in [5.41, 5.74) is 4.78. The highest BCUT2D eigenvalue weighted by atomic mass is 35.5. The second kappa shape index (κ2) is 7.26. The first-order valence-corrected chi connectivity index (χ1v) is 9.15. The quantitative estimate of drug-likeness (QED) is 0.439. The van der Waals surface area contributed by atoms with Gasteiger partial charge in [-0.05, 0) is 36.8 Å². The Morgan fingerprint density at radius 2 is 1.69 bits per heavy atom. The Hall–Kier alpha value is -2.73. The molecule has 0 amide bonds. The van der Waals surface area contributed by atoms with Crippen LogP contribution in [0.3, 0.4) is 0 Å². The number of imidazole rings is 1. The number of halogens is 3. The second-order valence-electron chi connectivity index (χ2n) is 8.11. The Bertz CT molecular complexity index is 1180. The number of hydrogen-bond acceptors (Lipinski definition) is 2. The molecule has 4 nitrogen and oxygen atoms in total. The van der Waals surface area contributed by atoms with E-state index in [2.05, 4.69) is 35.8 Å². The van der Waals surface area contributed by atoms with Gasteiger partial charge < -0.3 is 4.98 Å². The third-order valence-corrected chi connectivity index (χ3v) is 4.95. The fraction of sp³-hybridized carbons (Fsp3) is 0.273. The standard InChI is InChI=1S/C22H22F2N4.ClH/c1-12-19(28(5)27-20(12)22(2,3)4)21-25-16-10-9-13(11-17(16)26-21)18-14(23)7-6-8-15(18)24;/h6-11H,1-5H3,(H,25,26);1H. The van der Waals surface area contributed by atoms with E-state index in [1.807, 2.05) is 18.7 Å². The molecule has 29 heavy (non-hydrogen) atoms. The number of aryl methyl sites for hydroxylation is 1. The van der Waals surface area contributed by atoms with Crippen LogP contribution in [0, 0.1) is 18.6 Å². The molecule has 7 heteroatoms. The van der Waals surface area contributed by atoms with Crippen molar-refractivity contribution in [3.63, 3.8) is 0 Å². The number of aromatic nitrogens is 4. The smallest absolute Gasteiger partial charge is 0.157 e. The zero-order valence-electron chi connectivity index (χ0n) is 17.0. The van der Waals surface area contributed by atoms with Crippen LogP contribution in [0.5, 0.6) is 0 Å². The summed E-state index contributed by atoms with van der Waals surface area (Å²) in [6, 6.07) is 9.06. The fourth-order valence-corrected chi connectivity index (χ4v) is 3.72. The molecule has 0 saturated heterocycles. The summed E-state index contributed by atoms with van der Waals surface area (Å²) < 4.78 is 30.1. The minimum absolute atomic E-state index is 0. The lowest BCUT2D eigenvalue weighted by atomic mass is 9.89. The number of rotatable bonds is 2. The molecule has 0 aliphatic rings. The Balaban J connectivity index is 0.00000240. The Morgan fingerprint density at radius 1 is 1.03 bits per heavy atom. The highest BCUT2D eigenvalue weighted by Crippen LogP contribution is 2.33. The second-order valence-corrected chi connectivity index (χ2v) is 8.11. The Labute approximate surface area is 174 Å². The number of nitrogens with one attached hydrogen (secondary N) is 1. The zero-order valence-corrected chi connectivity index (χ0v) is 17.8. The lowest BCUT2D eigenvalue weighted by Gasteiger charge is -2.16. The van der Waals surface area contributed by atoms with Crippen molar-refractivity contribution < 1.29 is 8.78 Å². The molecule has 0 spiro atoms. The molecular weight excluding hydrogens is 394 g/mol. The number of benzene rings is 2. The molecule has 0 aliphatic heterocycles. The van der Waals surface area contributed by atoms with E-state index in [0.717, 1.165) is 22.5 Å². The van der Waals surface area contributed by atoms with Crippen molar-refractivity contribution in [3.05, 3.63) is 59.3 Å². The predicted molar refractivity (Wildman–Crippen MR) is 114 cm³/mol. The van der Waals surface area contributed by atoms with E-state index in [1.54, 1.807) is 18.2 Å². The zero-order chi connectivity index (χ0) is 20.2. The molecule has 2 heterocycles. The van der Waals surface area contributed by atoms with Crippen molar-refractivity contribution in [2.45, 2.75) is 33.1 Å². The SMILES string of the molecule is Cc1c(C(C)(C)C)nn(C)c1-c1nc2ccc(-c3c(F)cccc3F)cc2[nH]1.Cl. The summed E-state index contributed by atoms with van der Waals surface area (Å²) in [6.45, 7) is 8.41. The Morgan fingerprint density at radius 3 is 2.28 bits per heavy atom. The average molecular weight is 417 g/mol. The van der Waals surface area contributed by atoms with Gasteiger partial charge in [-0.3, -0.25) is 4.68 Å². The normalized spacial score (nSPS) is 11.7. The highest BCUT2D eigenvalue weighted by Gasteiger charge is 2.25. The summed E-state index contributed by atoms with van der Waals surface area (Å²) in [7, 11) is 1.89. The first kappa shape index (κ1) is 21.0. The van der Waals surface area contributed by atoms with E-state index >= 15 is 0 Å². The van der Waals surface area contributed by atoms with Crippen LogP contribution in [0.1, 0.15) is 32.0 Å². The molecule has 0 unspecified atom stereocenters. The maximum Gasteiger partial charge on any atom is 0.157 e. The van der Waals surface area contributed by atoms with E-state index in [4.69, 9.17) is 0 Å². The van der Waals surface area contributed by atoms with Gasteiger partial charge in [-0.2, -0.15) is 5.10 Å². The molecule has 0 saturated carbocycles. The first-order valence-electron chi connectivity index (χ1n) is 9.15. The molecule has 4 aromatic rings. The number of fused-ring (bicyclic) bond motifs is 1. The third-order valence-electron chi connectivity index (χ3n) is 4.95. The van der Waals surface area contributed by atoms with Gasteiger partial charge in [-0.25, -0.2) is 13.8 Å². The van der Waals surface area contributed by atoms with Gasteiger partial charge in [-0.1, -0.05) is 32.9 Å². The van der Waals surface area contributed by atoms with Gasteiger partial charge in [0.2, 0.25) is 0 Å². The number of H-pyrrole nitrogens is 1. The van der Waals surface area contributed by atoms with Crippen molar-refractivity contribution in [3.8, 4) is 22.6 Å². The van der Waals surface area contributed by atoms with Crippen LogP contribution in [0.25, 0.3) is 33.7 Å². The van der Waals surface area contributed by atoms with Gasteiger partial charge in [0.15, 0.2) is 5.82 Å². The number of nitrogens with zero attached hydrogens (tertiary/aromatic N) is 3. The van der Waals surface area contributed by atoms with Crippen LogP contribution in [-0.2, 0) is 12.5 Å². The van der Waals surface area contributed by atoms with Crippen molar-refractivity contribution in [1.29, 1.82) is 0 Å². The summed E-state index contributed by atoms with van der Waals surface area (Å²) in [4.78, 5) is 7.97. The monoisotopic (exact) mass is 416 g/mol. The number of hydrogen-bond donors (Lipinski definition) is 1. The maximum absolute atomic E-state index is 14.1. The molecule has 0 fully saturated rings. The molecule has 2 aromatic heterocycles. The summed E-state index contributed by atoms with van der Waals surface area (Å²) >= 11 is 0. The van der Waals surface area contributed by atoms with Crippen LogP contribution in [-0.4, -0.2) is 19.7 Å². The maximum atomic E-state index is 14.1. The van der Waals surface area contributed by atoms with Crippen LogP contribution in [0.2, 0.25) is 0 Å². The summed E-state index contributed by atoms with van der Waals surface area (Å²) in [6.07, 6.45) is 0. The molecule has 0 aliphatic carbocycles. The van der Waals surface area contributed by atoms with Gasteiger partial charge in [0, 0.05) is 18.0 Å². The van der Waals surface area contributed by atoms with Gasteiger partial charge >= 0.3 is 0 Å². The topological polar surface area (TPSA) is 46.5 Å². The lowest BCUT2D eigenvalue weighted by Crippen LogP contribution is -2.13. The van der Waals surface area contributed by atoms with E-state index in [0.29, 0.717) is 16.9 Å². The van der Waals surface area contributed by atoms with E-state index in [9.17, 15) is 8.78 Å². The van der Waals surface area contributed by atoms with Crippen molar-refractivity contribution in [2.24, 2.45) is 7.05 Å². The van der Waals surface area contributed by atoms with Crippen molar-refractivity contribution >= 4 is 23.4 Å². The van der Waals surface area contributed by atoms with Crippen LogP contribution >= 0.6 is 12.4 Å². The summed E-state index contributed by atoms with van der Waals surface area (Å²) in [5.74, 6) is -0.489. The molecule has 0 radical (unpaired) electrons. The first-order chi connectivity index (χ1) is 13.2. The lowest BCUT2D eigenvalue weighted by molar-refractivity contribution is 0.550. The molecule has 1 N–H and O–H groups in total. The Kier molecular flexibility index (Phi) is 5.26. The third kappa shape index (κ3) is 3.53. The molecule has 2 aromatic carbocycles. The van der Waals surface area contributed by atoms with Gasteiger partial charge in [-0.15, -0.1) is 12.4 Å². The molecule has 0 bridgehead atoms. The van der Waals surface area contributed by atoms with Gasteiger partial charge in [0.05, 0.1) is 22.3 Å².